The van der Waals surface area contributed by atoms with Crippen molar-refractivity contribution in [3.63, 3.8) is 0 Å². The van der Waals surface area contributed by atoms with E-state index in [-0.39, 0.29) is 16.9 Å². The van der Waals surface area contributed by atoms with Gasteiger partial charge in [-0.15, -0.1) is 0 Å². The molecule has 4 aromatic rings. The van der Waals surface area contributed by atoms with Crippen LogP contribution in [0.5, 0.6) is 0 Å². The summed E-state index contributed by atoms with van der Waals surface area (Å²) in [7, 11) is 2.14. The van der Waals surface area contributed by atoms with E-state index in [9.17, 15) is 9.59 Å². The standard InChI is InChI=1S/C31H32FN7O2S/c1-36-13-4-6-20(36)9-12-33-26-23(32)18-21-27-29(26)42-25-8-3-2-7-24(25)39(27)19-22(28(21)40)30(41)37-14-16-38(17-15-37)31-34-10-5-11-35-31/h2-3,5,7-8,10-11,18-20,33H,4,6,9,12-17H2,1H3. The van der Waals surface area contributed by atoms with Crippen LogP contribution in [-0.2, 0) is 0 Å². The second-order valence-corrected chi connectivity index (χ2v) is 12.1. The minimum Gasteiger partial charge on any atom is -0.382 e. The van der Waals surface area contributed by atoms with Crippen LogP contribution in [0.3, 0.4) is 0 Å². The number of halogens is 1. The molecule has 3 aliphatic heterocycles. The van der Waals surface area contributed by atoms with Gasteiger partial charge in [-0.3, -0.25) is 9.59 Å². The molecule has 42 heavy (non-hydrogen) atoms. The van der Waals surface area contributed by atoms with Crippen LogP contribution in [-0.4, -0.2) is 82.6 Å². The first-order chi connectivity index (χ1) is 20.5. The predicted octanol–water partition coefficient (Wildman–Crippen LogP) is 4.24. The fraction of sp³-hybridized carbons (Fsp3) is 0.355. The maximum absolute atomic E-state index is 15.8. The van der Waals surface area contributed by atoms with Crippen LogP contribution in [0.4, 0.5) is 16.0 Å². The Morgan fingerprint density at radius 1 is 1.10 bits per heavy atom. The molecule has 3 aliphatic rings. The van der Waals surface area contributed by atoms with E-state index >= 15 is 4.39 Å². The lowest BCUT2D eigenvalue weighted by Gasteiger charge is -2.34. The van der Waals surface area contributed by atoms with Crippen molar-refractivity contribution in [1.29, 1.82) is 0 Å². The van der Waals surface area contributed by atoms with E-state index in [1.807, 2.05) is 33.7 Å². The van der Waals surface area contributed by atoms with Crippen molar-refractivity contribution in [3.8, 4) is 5.69 Å². The summed E-state index contributed by atoms with van der Waals surface area (Å²) in [5.74, 6) is -0.203. The molecule has 0 bridgehead atoms. The summed E-state index contributed by atoms with van der Waals surface area (Å²) in [4.78, 5) is 43.9. The predicted molar refractivity (Wildman–Crippen MR) is 163 cm³/mol. The van der Waals surface area contributed by atoms with E-state index in [4.69, 9.17) is 0 Å². The normalized spacial score (nSPS) is 18.4. The number of carbonyl (C=O) groups is 1. The van der Waals surface area contributed by atoms with Crippen molar-refractivity contribution < 1.29 is 9.18 Å². The molecular formula is C31H32FN7O2S. The number of hydrogen-bond acceptors (Lipinski definition) is 8. The van der Waals surface area contributed by atoms with Crippen molar-refractivity contribution in [1.82, 2.24) is 24.3 Å². The van der Waals surface area contributed by atoms with Crippen LogP contribution >= 0.6 is 11.8 Å². The van der Waals surface area contributed by atoms with Crippen LogP contribution in [0.25, 0.3) is 16.6 Å². The molecule has 2 saturated heterocycles. The Kier molecular flexibility index (Phi) is 7.07. The van der Waals surface area contributed by atoms with E-state index in [2.05, 4.69) is 27.2 Å². The summed E-state index contributed by atoms with van der Waals surface area (Å²) in [5, 5.41) is 3.58. The number of benzene rings is 2. The Morgan fingerprint density at radius 2 is 1.88 bits per heavy atom. The van der Waals surface area contributed by atoms with Gasteiger partial charge in [-0.1, -0.05) is 23.9 Å². The topological polar surface area (TPSA) is 86.6 Å². The van der Waals surface area contributed by atoms with Gasteiger partial charge in [0.1, 0.15) is 11.4 Å². The van der Waals surface area contributed by atoms with Gasteiger partial charge in [0, 0.05) is 62.3 Å². The minimum absolute atomic E-state index is 0.0453. The van der Waals surface area contributed by atoms with Gasteiger partial charge in [-0.2, -0.15) is 0 Å². The number of likely N-dealkylation sites (tertiary alicyclic amines) is 1. The molecular weight excluding hydrogens is 553 g/mol. The molecule has 2 aromatic heterocycles. The summed E-state index contributed by atoms with van der Waals surface area (Å²) in [6.45, 7) is 3.70. The summed E-state index contributed by atoms with van der Waals surface area (Å²) < 4.78 is 17.7. The highest BCUT2D eigenvalue weighted by Gasteiger charge is 2.30. The lowest BCUT2D eigenvalue weighted by atomic mass is 10.1. The van der Waals surface area contributed by atoms with E-state index in [0.29, 0.717) is 60.8 Å². The second kappa shape index (κ2) is 11.0. The van der Waals surface area contributed by atoms with Gasteiger partial charge in [0.15, 0.2) is 0 Å². The van der Waals surface area contributed by atoms with Gasteiger partial charge in [-0.25, -0.2) is 14.4 Å². The number of carbonyl (C=O) groups excluding carboxylic acids is 1. The van der Waals surface area contributed by atoms with Crippen LogP contribution in [0.15, 0.2) is 69.6 Å². The third-order valence-electron chi connectivity index (χ3n) is 8.62. The lowest BCUT2D eigenvalue weighted by Crippen LogP contribution is -2.50. The van der Waals surface area contributed by atoms with Crippen LogP contribution in [0.2, 0.25) is 0 Å². The maximum atomic E-state index is 15.8. The molecule has 1 unspecified atom stereocenters. The van der Waals surface area contributed by atoms with E-state index in [0.717, 1.165) is 30.0 Å². The van der Waals surface area contributed by atoms with Crippen molar-refractivity contribution in [3.05, 3.63) is 76.6 Å². The van der Waals surface area contributed by atoms with Crippen molar-refractivity contribution in [2.75, 3.05) is 56.5 Å². The van der Waals surface area contributed by atoms with Crippen molar-refractivity contribution in [2.45, 2.75) is 35.1 Å². The molecule has 216 valence electrons. The summed E-state index contributed by atoms with van der Waals surface area (Å²) >= 11 is 1.46. The Bertz CT molecular complexity index is 1720. The number of nitrogens with one attached hydrogen (secondary N) is 1. The fourth-order valence-corrected chi connectivity index (χ4v) is 7.54. The first kappa shape index (κ1) is 26.9. The number of aromatic nitrogens is 3. The molecule has 5 heterocycles. The van der Waals surface area contributed by atoms with Crippen molar-refractivity contribution in [2.24, 2.45) is 0 Å². The molecule has 0 saturated carbocycles. The zero-order valence-electron chi connectivity index (χ0n) is 23.4. The molecule has 1 N–H and O–H groups in total. The summed E-state index contributed by atoms with van der Waals surface area (Å²) in [6.07, 6.45) is 8.29. The Balaban J connectivity index is 1.23. The van der Waals surface area contributed by atoms with Crippen LogP contribution in [0, 0.1) is 5.82 Å². The van der Waals surface area contributed by atoms with Crippen molar-refractivity contribution >= 4 is 40.2 Å². The third-order valence-corrected chi connectivity index (χ3v) is 9.78. The largest absolute Gasteiger partial charge is 0.382 e. The number of pyridine rings is 1. The number of para-hydroxylation sites is 1. The highest BCUT2D eigenvalue weighted by molar-refractivity contribution is 8.00. The molecule has 0 aliphatic carbocycles. The van der Waals surface area contributed by atoms with Gasteiger partial charge < -0.3 is 24.6 Å². The van der Waals surface area contributed by atoms with E-state index in [1.54, 1.807) is 29.6 Å². The smallest absolute Gasteiger partial charge is 0.259 e. The SMILES string of the molecule is CN1CCCC1CCNc1c(F)cc2c(=O)c(C(=O)N3CCN(c4ncccn4)CC3)cn3c2c1Sc1ccccc1-3. The van der Waals surface area contributed by atoms with Crippen LogP contribution in [0.1, 0.15) is 29.6 Å². The first-order valence-corrected chi connectivity index (χ1v) is 15.3. The quantitative estimate of drug-likeness (QED) is 0.317. The molecule has 9 nitrogen and oxygen atoms in total. The molecule has 0 spiro atoms. The Hall–Kier alpha value is -3.96. The van der Waals surface area contributed by atoms with Gasteiger partial charge in [0.05, 0.1) is 27.2 Å². The number of hydrogen-bond donors (Lipinski definition) is 1. The monoisotopic (exact) mass is 585 g/mol. The van der Waals surface area contributed by atoms with E-state index < -0.39 is 11.2 Å². The van der Waals surface area contributed by atoms with E-state index in [1.165, 1.54) is 24.2 Å². The Morgan fingerprint density at radius 3 is 2.64 bits per heavy atom. The molecule has 11 heteroatoms. The highest BCUT2D eigenvalue weighted by Crippen LogP contribution is 2.46. The molecule has 1 atom stereocenters. The number of anilines is 2. The maximum Gasteiger partial charge on any atom is 0.259 e. The molecule has 2 aromatic carbocycles. The fourth-order valence-electron chi connectivity index (χ4n) is 6.33. The van der Waals surface area contributed by atoms with Gasteiger partial charge >= 0.3 is 0 Å². The van der Waals surface area contributed by atoms with Gasteiger partial charge in [0.25, 0.3) is 5.91 Å². The third kappa shape index (κ3) is 4.70. The summed E-state index contributed by atoms with van der Waals surface area (Å²) in [5.41, 5.74) is 1.51. The highest BCUT2D eigenvalue weighted by atomic mass is 32.2. The van der Waals surface area contributed by atoms with Gasteiger partial charge in [0.2, 0.25) is 11.4 Å². The number of fused-ring (bicyclic) bond motifs is 2. The minimum atomic E-state index is -0.478. The molecule has 1 amide bonds. The lowest BCUT2D eigenvalue weighted by molar-refractivity contribution is 0.0744. The summed E-state index contributed by atoms with van der Waals surface area (Å²) in [6, 6.07) is 11.4. The molecule has 0 radical (unpaired) electrons. The number of piperazine rings is 1. The number of amides is 1. The molecule has 7 rings (SSSR count). The zero-order valence-corrected chi connectivity index (χ0v) is 24.2. The number of nitrogens with zero attached hydrogens (tertiary/aromatic N) is 6. The first-order valence-electron chi connectivity index (χ1n) is 14.4. The average Bonchev–Trinajstić information content (AvgIpc) is 3.44. The number of rotatable bonds is 6. The van der Waals surface area contributed by atoms with Gasteiger partial charge in [-0.05, 0) is 57.1 Å². The second-order valence-electron chi connectivity index (χ2n) is 11.1. The average molecular weight is 586 g/mol. The van der Waals surface area contributed by atoms with Crippen LogP contribution < -0.4 is 15.6 Å². The Labute approximate surface area is 247 Å². The molecule has 2 fully saturated rings. The zero-order chi connectivity index (χ0) is 28.8.